The number of rotatable bonds is 9. The fourth-order valence-corrected chi connectivity index (χ4v) is 3.83. The number of anilines is 1. The molecule has 0 saturated carbocycles. The summed E-state index contributed by atoms with van der Waals surface area (Å²) in [6.07, 6.45) is 4.70. The van der Waals surface area contributed by atoms with Gasteiger partial charge in [0.1, 0.15) is 11.8 Å². The van der Waals surface area contributed by atoms with E-state index in [2.05, 4.69) is 17.6 Å². The molecule has 6 heteroatoms. The molecule has 2 aromatic carbocycles. The molecule has 0 spiro atoms. The van der Waals surface area contributed by atoms with Crippen LogP contribution in [0, 0.1) is 0 Å². The second kappa shape index (κ2) is 10.3. The summed E-state index contributed by atoms with van der Waals surface area (Å²) in [5.41, 5.74) is 1.92. The fraction of sp³-hybridized carbons (Fsp3) is 0.391. The zero-order valence-corrected chi connectivity index (χ0v) is 17.9. The maximum atomic E-state index is 13.0. The highest BCUT2D eigenvalue weighted by Crippen LogP contribution is 2.39. The lowest BCUT2D eigenvalue weighted by Crippen LogP contribution is -2.66. The third-order valence-electron chi connectivity index (χ3n) is 5.19. The number of methoxy groups -OCH3 is 1. The number of β-lactam (4-membered cyclic amide) rings is 1. The van der Waals surface area contributed by atoms with Crippen molar-refractivity contribution in [3.8, 4) is 5.75 Å². The van der Waals surface area contributed by atoms with Crippen LogP contribution >= 0.6 is 12.2 Å². The third kappa shape index (κ3) is 5.07. The van der Waals surface area contributed by atoms with Crippen LogP contribution in [-0.4, -0.2) is 30.7 Å². The first-order valence-electron chi connectivity index (χ1n) is 10.2. The summed E-state index contributed by atoms with van der Waals surface area (Å²) in [7, 11) is 1.63. The molecule has 1 aliphatic rings. The van der Waals surface area contributed by atoms with Crippen molar-refractivity contribution in [3.05, 3.63) is 60.2 Å². The Morgan fingerprint density at radius 1 is 1.07 bits per heavy atom. The van der Waals surface area contributed by atoms with Crippen LogP contribution in [0.4, 0.5) is 5.69 Å². The quantitative estimate of drug-likeness (QED) is 0.368. The van der Waals surface area contributed by atoms with Crippen LogP contribution in [0.5, 0.6) is 5.75 Å². The second-order valence-electron chi connectivity index (χ2n) is 7.20. The SMILES string of the molecule is CCCCCCNC(=S)N[C@H]1C(=O)N(c2ccc(OC)cc2)[C@@H]1c1ccccc1. The molecule has 0 unspecified atom stereocenters. The van der Waals surface area contributed by atoms with Crippen molar-refractivity contribution in [2.24, 2.45) is 0 Å². The molecule has 1 saturated heterocycles. The normalized spacial score (nSPS) is 18.1. The second-order valence-corrected chi connectivity index (χ2v) is 7.61. The van der Waals surface area contributed by atoms with Gasteiger partial charge in [-0.05, 0) is 48.5 Å². The number of amides is 1. The van der Waals surface area contributed by atoms with Gasteiger partial charge in [0.25, 0.3) is 5.91 Å². The van der Waals surface area contributed by atoms with E-state index in [0.29, 0.717) is 5.11 Å². The topological polar surface area (TPSA) is 53.6 Å². The third-order valence-corrected chi connectivity index (χ3v) is 5.45. The number of unbranched alkanes of at least 4 members (excludes halogenated alkanes) is 3. The Kier molecular flexibility index (Phi) is 7.47. The standard InChI is InChI=1S/C23H29N3O2S/c1-3-4-5-9-16-24-23(29)25-20-21(17-10-7-6-8-11-17)26(22(20)27)18-12-14-19(28-2)15-13-18/h6-8,10-15,20-21H,3-5,9,16H2,1-2H3,(H2,24,25,29)/t20-,21-/m1/s1. The predicted octanol–water partition coefficient (Wildman–Crippen LogP) is 4.20. The van der Waals surface area contributed by atoms with Crippen molar-refractivity contribution in [2.75, 3.05) is 18.6 Å². The number of hydrogen-bond acceptors (Lipinski definition) is 3. The molecule has 0 aromatic heterocycles. The molecule has 0 radical (unpaired) electrons. The fourth-order valence-electron chi connectivity index (χ4n) is 3.60. The minimum atomic E-state index is -0.379. The van der Waals surface area contributed by atoms with Crippen molar-refractivity contribution in [2.45, 2.75) is 44.7 Å². The summed E-state index contributed by atoms with van der Waals surface area (Å²) in [4.78, 5) is 14.8. The molecular weight excluding hydrogens is 382 g/mol. The van der Waals surface area contributed by atoms with Gasteiger partial charge in [0.05, 0.1) is 13.2 Å². The Labute approximate surface area is 178 Å². The van der Waals surface area contributed by atoms with Crippen LogP contribution in [0.2, 0.25) is 0 Å². The van der Waals surface area contributed by atoms with Crippen molar-refractivity contribution >= 4 is 28.9 Å². The Hall–Kier alpha value is -2.60. The first-order valence-corrected chi connectivity index (χ1v) is 10.6. The molecule has 2 N–H and O–H groups in total. The molecular formula is C23H29N3O2S. The van der Waals surface area contributed by atoms with E-state index in [0.717, 1.165) is 30.0 Å². The lowest BCUT2D eigenvalue weighted by Gasteiger charge is -2.47. The monoisotopic (exact) mass is 411 g/mol. The summed E-state index contributed by atoms with van der Waals surface area (Å²) in [5, 5.41) is 7.01. The lowest BCUT2D eigenvalue weighted by atomic mass is 9.87. The summed E-state index contributed by atoms with van der Waals surface area (Å²) in [6.45, 7) is 3.02. The molecule has 1 aliphatic heterocycles. The van der Waals surface area contributed by atoms with Gasteiger partial charge in [0, 0.05) is 12.2 Å². The van der Waals surface area contributed by atoms with Gasteiger partial charge in [0.15, 0.2) is 5.11 Å². The molecule has 1 heterocycles. The van der Waals surface area contributed by atoms with Crippen molar-refractivity contribution in [1.82, 2.24) is 10.6 Å². The van der Waals surface area contributed by atoms with Crippen molar-refractivity contribution in [1.29, 1.82) is 0 Å². The number of hydrogen-bond donors (Lipinski definition) is 2. The van der Waals surface area contributed by atoms with E-state index in [1.807, 2.05) is 59.5 Å². The largest absolute Gasteiger partial charge is 0.497 e. The van der Waals surface area contributed by atoms with Crippen LogP contribution < -0.4 is 20.3 Å². The average Bonchev–Trinajstić information content (AvgIpc) is 2.76. The van der Waals surface area contributed by atoms with Gasteiger partial charge < -0.3 is 20.3 Å². The number of nitrogens with one attached hydrogen (secondary N) is 2. The van der Waals surface area contributed by atoms with Gasteiger partial charge in [-0.15, -0.1) is 0 Å². The van der Waals surface area contributed by atoms with Gasteiger partial charge in [-0.1, -0.05) is 56.5 Å². The molecule has 2 aromatic rings. The van der Waals surface area contributed by atoms with Gasteiger partial charge in [-0.2, -0.15) is 0 Å². The lowest BCUT2D eigenvalue weighted by molar-refractivity contribution is -0.126. The molecule has 0 bridgehead atoms. The number of ether oxygens (including phenoxy) is 1. The molecule has 3 rings (SSSR count). The molecule has 2 atom stereocenters. The molecule has 0 aliphatic carbocycles. The minimum absolute atomic E-state index is 0.0131. The van der Waals surface area contributed by atoms with Gasteiger partial charge >= 0.3 is 0 Å². The maximum absolute atomic E-state index is 13.0. The van der Waals surface area contributed by atoms with Crippen LogP contribution in [0.25, 0.3) is 0 Å². The summed E-state index contributed by atoms with van der Waals surface area (Å²) in [5.74, 6) is 0.778. The highest BCUT2D eigenvalue weighted by Gasteiger charge is 2.49. The first-order chi connectivity index (χ1) is 14.2. The van der Waals surface area contributed by atoms with Crippen molar-refractivity contribution < 1.29 is 9.53 Å². The maximum Gasteiger partial charge on any atom is 0.252 e. The van der Waals surface area contributed by atoms with Gasteiger partial charge in [-0.3, -0.25) is 4.79 Å². The van der Waals surface area contributed by atoms with E-state index in [4.69, 9.17) is 17.0 Å². The molecule has 154 valence electrons. The van der Waals surface area contributed by atoms with E-state index < -0.39 is 0 Å². The zero-order valence-electron chi connectivity index (χ0n) is 17.1. The average molecular weight is 412 g/mol. The Morgan fingerprint density at radius 3 is 2.45 bits per heavy atom. The Bertz CT molecular complexity index is 811. The smallest absolute Gasteiger partial charge is 0.252 e. The van der Waals surface area contributed by atoms with Crippen LogP contribution in [0.1, 0.15) is 44.2 Å². The number of thiocarbonyl (C=S) groups is 1. The van der Waals surface area contributed by atoms with E-state index >= 15 is 0 Å². The highest BCUT2D eigenvalue weighted by molar-refractivity contribution is 7.80. The Morgan fingerprint density at radius 2 is 1.79 bits per heavy atom. The van der Waals surface area contributed by atoms with Gasteiger partial charge in [0.2, 0.25) is 0 Å². The highest BCUT2D eigenvalue weighted by atomic mass is 32.1. The Balaban J connectivity index is 1.70. The van der Waals surface area contributed by atoms with Crippen LogP contribution in [-0.2, 0) is 4.79 Å². The van der Waals surface area contributed by atoms with E-state index in [-0.39, 0.29) is 18.0 Å². The molecule has 29 heavy (non-hydrogen) atoms. The number of carbonyl (C=O) groups excluding carboxylic acids is 1. The first kappa shape index (κ1) is 21.1. The summed E-state index contributed by atoms with van der Waals surface area (Å²) < 4.78 is 5.23. The molecule has 1 amide bonds. The van der Waals surface area contributed by atoms with Gasteiger partial charge in [-0.25, -0.2) is 0 Å². The summed E-state index contributed by atoms with van der Waals surface area (Å²) >= 11 is 5.44. The number of carbonyl (C=O) groups is 1. The minimum Gasteiger partial charge on any atom is -0.497 e. The number of benzene rings is 2. The number of nitrogens with zero attached hydrogens (tertiary/aromatic N) is 1. The molecule has 5 nitrogen and oxygen atoms in total. The van der Waals surface area contributed by atoms with Crippen molar-refractivity contribution in [3.63, 3.8) is 0 Å². The zero-order chi connectivity index (χ0) is 20.6. The van der Waals surface area contributed by atoms with Crippen LogP contribution in [0.3, 0.4) is 0 Å². The van der Waals surface area contributed by atoms with E-state index in [1.54, 1.807) is 7.11 Å². The van der Waals surface area contributed by atoms with E-state index in [9.17, 15) is 4.79 Å². The predicted molar refractivity (Wildman–Crippen MR) is 121 cm³/mol. The molecule has 1 fully saturated rings. The van der Waals surface area contributed by atoms with E-state index in [1.165, 1.54) is 19.3 Å². The summed E-state index contributed by atoms with van der Waals surface area (Å²) in [6, 6.07) is 17.1. The van der Waals surface area contributed by atoms with Crippen LogP contribution in [0.15, 0.2) is 54.6 Å².